The molecule has 0 fully saturated rings. The van der Waals surface area contributed by atoms with E-state index in [4.69, 9.17) is 15.2 Å². The Kier molecular flexibility index (Phi) is 4.79. The molecule has 1 aromatic rings. The lowest BCUT2D eigenvalue weighted by molar-refractivity contribution is -0.141. The highest BCUT2D eigenvalue weighted by atomic mass is 16.5. The average Bonchev–Trinajstić information content (AvgIpc) is 2.36. The average molecular weight is 255 g/mol. The molecule has 0 bridgehead atoms. The van der Waals surface area contributed by atoms with Gasteiger partial charge in [0.15, 0.2) is 0 Å². The molecule has 6 heteroatoms. The fourth-order valence-electron chi connectivity index (χ4n) is 1.66. The standard InChI is InChI=1S/C12H17NO5/c1-16-9-4-7(14)5-10(17-2)12(9)8(13)6-11(15)18-3/h4-5,8,14H,6,13H2,1-3H3/t8-/m0/s1. The van der Waals surface area contributed by atoms with Crippen LogP contribution in [0.4, 0.5) is 0 Å². The third-order valence-electron chi connectivity index (χ3n) is 2.51. The smallest absolute Gasteiger partial charge is 0.307 e. The molecule has 1 rings (SSSR count). The summed E-state index contributed by atoms with van der Waals surface area (Å²) in [5.41, 5.74) is 6.45. The van der Waals surface area contributed by atoms with Gasteiger partial charge in [-0.3, -0.25) is 4.79 Å². The molecule has 0 aromatic heterocycles. The number of nitrogens with two attached hydrogens (primary N) is 1. The molecule has 1 aromatic carbocycles. The normalized spacial score (nSPS) is 11.8. The minimum absolute atomic E-state index is 0.00211. The molecule has 3 N–H and O–H groups in total. The Labute approximate surface area is 105 Å². The minimum atomic E-state index is -0.636. The minimum Gasteiger partial charge on any atom is -0.508 e. The Morgan fingerprint density at radius 3 is 2.17 bits per heavy atom. The quantitative estimate of drug-likeness (QED) is 0.762. The molecule has 0 aliphatic rings. The lowest BCUT2D eigenvalue weighted by Crippen LogP contribution is -2.18. The van der Waals surface area contributed by atoms with Crippen LogP contribution < -0.4 is 15.2 Å². The summed E-state index contributed by atoms with van der Waals surface area (Å²) in [5, 5.41) is 9.50. The van der Waals surface area contributed by atoms with Crippen LogP contribution in [-0.4, -0.2) is 32.4 Å². The maximum atomic E-state index is 11.2. The number of hydrogen-bond acceptors (Lipinski definition) is 6. The topological polar surface area (TPSA) is 91.0 Å². The Bertz CT molecular complexity index is 407. The number of esters is 1. The molecule has 0 aliphatic carbocycles. The van der Waals surface area contributed by atoms with Crippen LogP contribution in [0.2, 0.25) is 0 Å². The molecule has 0 spiro atoms. The molecule has 0 aliphatic heterocycles. The second-order valence-electron chi connectivity index (χ2n) is 3.65. The summed E-state index contributed by atoms with van der Waals surface area (Å²) in [7, 11) is 4.19. The molecular formula is C12H17NO5. The summed E-state index contributed by atoms with van der Waals surface area (Å²) in [6.45, 7) is 0. The highest BCUT2D eigenvalue weighted by Crippen LogP contribution is 2.38. The second kappa shape index (κ2) is 6.11. The van der Waals surface area contributed by atoms with Gasteiger partial charge in [0.05, 0.1) is 33.3 Å². The zero-order chi connectivity index (χ0) is 13.7. The zero-order valence-corrected chi connectivity index (χ0v) is 10.6. The van der Waals surface area contributed by atoms with E-state index in [0.29, 0.717) is 17.1 Å². The van der Waals surface area contributed by atoms with Crippen molar-refractivity contribution in [2.75, 3.05) is 21.3 Å². The van der Waals surface area contributed by atoms with E-state index >= 15 is 0 Å². The van der Waals surface area contributed by atoms with Crippen molar-refractivity contribution >= 4 is 5.97 Å². The van der Waals surface area contributed by atoms with E-state index in [1.165, 1.54) is 33.5 Å². The first-order valence-electron chi connectivity index (χ1n) is 5.30. The van der Waals surface area contributed by atoms with Crippen LogP contribution in [0.25, 0.3) is 0 Å². The summed E-state index contributed by atoms with van der Waals surface area (Å²) in [4.78, 5) is 11.2. The van der Waals surface area contributed by atoms with E-state index < -0.39 is 12.0 Å². The van der Waals surface area contributed by atoms with Crippen molar-refractivity contribution in [2.45, 2.75) is 12.5 Å². The summed E-state index contributed by atoms with van der Waals surface area (Å²) in [5.74, 6) is 0.295. The van der Waals surface area contributed by atoms with Crippen LogP contribution >= 0.6 is 0 Å². The number of hydrogen-bond donors (Lipinski definition) is 2. The molecule has 0 heterocycles. The van der Waals surface area contributed by atoms with Crippen molar-refractivity contribution in [2.24, 2.45) is 5.73 Å². The SMILES string of the molecule is COC(=O)C[C@H](N)c1c(OC)cc(O)cc1OC. The van der Waals surface area contributed by atoms with Crippen LogP contribution in [0.15, 0.2) is 12.1 Å². The summed E-state index contributed by atoms with van der Waals surface area (Å²) >= 11 is 0. The molecule has 18 heavy (non-hydrogen) atoms. The van der Waals surface area contributed by atoms with Gasteiger partial charge < -0.3 is 25.1 Å². The maximum absolute atomic E-state index is 11.2. The second-order valence-corrected chi connectivity index (χ2v) is 3.65. The zero-order valence-electron chi connectivity index (χ0n) is 10.6. The molecule has 100 valence electrons. The molecule has 1 atom stereocenters. The number of ether oxygens (including phenoxy) is 3. The molecule has 0 unspecified atom stereocenters. The number of rotatable bonds is 5. The number of phenols is 1. The number of carbonyl (C=O) groups excluding carboxylic acids is 1. The van der Waals surface area contributed by atoms with E-state index in [0.717, 1.165) is 0 Å². The third-order valence-corrected chi connectivity index (χ3v) is 2.51. The summed E-state index contributed by atoms with van der Waals surface area (Å²) in [6.07, 6.45) is -0.00596. The van der Waals surface area contributed by atoms with Gasteiger partial charge in [-0.1, -0.05) is 0 Å². The van der Waals surface area contributed by atoms with Crippen molar-refractivity contribution in [3.8, 4) is 17.2 Å². The molecule has 6 nitrogen and oxygen atoms in total. The van der Waals surface area contributed by atoms with Gasteiger partial charge in [-0.05, 0) is 0 Å². The van der Waals surface area contributed by atoms with Gasteiger partial charge in [0.2, 0.25) is 0 Å². The van der Waals surface area contributed by atoms with Gasteiger partial charge in [0.1, 0.15) is 17.2 Å². The maximum Gasteiger partial charge on any atom is 0.307 e. The first kappa shape index (κ1) is 14.1. The van der Waals surface area contributed by atoms with Gasteiger partial charge in [-0.2, -0.15) is 0 Å². The third kappa shape index (κ3) is 3.04. The molecule has 0 saturated carbocycles. The highest BCUT2D eigenvalue weighted by Gasteiger charge is 2.21. The van der Waals surface area contributed by atoms with Crippen LogP contribution in [0.3, 0.4) is 0 Å². The van der Waals surface area contributed by atoms with Crippen molar-refractivity contribution in [1.29, 1.82) is 0 Å². The van der Waals surface area contributed by atoms with Crippen molar-refractivity contribution < 1.29 is 24.1 Å². The predicted molar refractivity (Wildman–Crippen MR) is 64.8 cm³/mol. The van der Waals surface area contributed by atoms with E-state index in [9.17, 15) is 9.90 Å². The molecule has 0 amide bonds. The number of carbonyl (C=O) groups is 1. The van der Waals surface area contributed by atoms with Crippen LogP contribution in [0, 0.1) is 0 Å². The number of phenolic OH excluding ortho intramolecular Hbond substituents is 1. The number of aromatic hydroxyl groups is 1. The van der Waals surface area contributed by atoms with Gasteiger partial charge in [0.25, 0.3) is 0 Å². The lowest BCUT2D eigenvalue weighted by Gasteiger charge is -2.18. The van der Waals surface area contributed by atoms with Gasteiger partial charge in [-0.25, -0.2) is 0 Å². The van der Waals surface area contributed by atoms with Crippen molar-refractivity contribution in [3.63, 3.8) is 0 Å². The monoisotopic (exact) mass is 255 g/mol. The molecular weight excluding hydrogens is 238 g/mol. The predicted octanol–water partition coefficient (Wildman–Crippen LogP) is 0.972. The fourth-order valence-corrected chi connectivity index (χ4v) is 1.66. The van der Waals surface area contributed by atoms with Gasteiger partial charge >= 0.3 is 5.97 Å². The van der Waals surface area contributed by atoms with E-state index in [1.807, 2.05) is 0 Å². The van der Waals surface area contributed by atoms with Gasteiger partial charge in [-0.15, -0.1) is 0 Å². The Hall–Kier alpha value is -1.95. The first-order chi connectivity index (χ1) is 8.53. The van der Waals surface area contributed by atoms with E-state index in [2.05, 4.69) is 4.74 Å². The Morgan fingerprint density at radius 2 is 1.78 bits per heavy atom. The van der Waals surface area contributed by atoms with Crippen LogP contribution in [0.1, 0.15) is 18.0 Å². The van der Waals surface area contributed by atoms with Crippen molar-refractivity contribution in [1.82, 2.24) is 0 Å². The number of methoxy groups -OCH3 is 3. The molecule has 0 saturated heterocycles. The van der Waals surface area contributed by atoms with Gasteiger partial charge in [0, 0.05) is 18.2 Å². The Balaban J connectivity index is 3.15. The largest absolute Gasteiger partial charge is 0.508 e. The van der Waals surface area contributed by atoms with Crippen LogP contribution in [-0.2, 0) is 9.53 Å². The Morgan fingerprint density at radius 1 is 1.28 bits per heavy atom. The number of benzene rings is 1. The summed E-state index contributed by atoms with van der Waals surface area (Å²) in [6, 6.07) is 2.19. The molecule has 0 radical (unpaired) electrons. The fraction of sp³-hybridized carbons (Fsp3) is 0.417. The first-order valence-corrected chi connectivity index (χ1v) is 5.30. The van der Waals surface area contributed by atoms with Crippen molar-refractivity contribution in [3.05, 3.63) is 17.7 Å². The lowest BCUT2D eigenvalue weighted by atomic mass is 10.0. The van der Waals surface area contributed by atoms with E-state index in [1.54, 1.807) is 0 Å². The van der Waals surface area contributed by atoms with Crippen LogP contribution in [0.5, 0.6) is 17.2 Å². The summed E-state index contributed by atoms with van der Waals surface area (Å²) < 4.78 is 14.8. The van der Waals surface area contributed by atoms with E-state index in [-0.39, 0.29) is 12.2 Å². The highest BCUT2D eigenvalue weighted by molar-refractivity contribution is 5.71.